The van der Waals surface area contributed by atoms with E-state index < -0.39 is 21.8 Å². The Balaban J connectivity index is 2.04. The highest BCUT2D eigenvalue weighted by Gasteiger charge is 2.22. The van der Waals surface area contributed by atoms with Crippen molar-refractivity contribution in [1.82, 2.24) is 15.2 Å². The molecule has 2 rings (SSSR count). The first-order valence-corrected chi connectivity index (χ1v) is 11.0. The van der Waals surface area contributed by atoms with Crippen LogP contribution in [0.25, 0.3) is 0 Å². The lowest BCUT2D eigenvalue weighted by atomic mass is 10.1. The second-order valence-corrected chi connectivity index (χ2v) is 8.54. The standard InChI is InChI=1S/C21H27N3O5S/c1-5-24(6-2)30(27,28)18-9-7-8-17(14-18)21(26)23-22-20(25)13-16-11-10-15(3)19(12-16)29-4/h7-12,14H,5-6,13H2,1-4H3,(H,22,25)(H,23,26). The Morgan fingerprint density at radius 3 is 2.37 bits per heavy atom. The van der Waals surface area contributed by atoms with Gasteiger partial charge < -0.3 is 4.74 Å². The third-order valence-corrected chi connectivity index (χ3v) is 6.64. The van der Waals surface area contributed by atoms with Gasteiger partial charge in [-0.1, -0.05) is 32.0 Å². The molecule has 0 saturated carbocycles. The average molecular weight is 434 g/mol. The number of methoxy groups -OCH3 is 1. The van der Waals surface area contributed by atoms with Gasteiger partial charge in [0.25, 0.3) is 5.91 Å². The van der Waals surface area contributed by atoms with Crippen LogP contribution in [-0.4, -0.2) is 44.7 Å². The molecular formula is C21H27N3O5S. The number of sulfonamides is 1. The zero-order valence-electron chi connectivity index (χ0n) is 17.6. The number of carbonyl (C=O) groups excluding carboxylic acids is 2. The molecule has 9 heteroatoms. The van der Waals surface area contributed by atoms with E-state index in [9.17, 15) is 18.0 Å². The highest BCUT2D eigenvalue weighted by molar-refractivity contribution is 7.89. The first kappa shape index (κ1) is 23.4. The van der Waals surface area contributed by atoms with Gasteiger partial charge in [-0.3, -0.25) is 20.4 Å². The van der Waals surface area contributed by atoms with Gasteiger partial charge >= 0.3 is 0 Å². The fraction of sp³-hybridized carbons (Fsp3) is 0.333. The molecule has 0 aliphatic heterocycles. The molecule has 0 aliphatic rings. The maximum atomic E-state index is 12.6. The zero-order chi connectivity index (χ0) is 22.3. The minimum Gasteiger partial charge on any atom is -0.496 e. The van der Waals surface area contributed by atoms with E-state index in [1.807, 2.05) is 13.0 Å². The molecule has 0 heterocycles. The zero-order valence-corrected chi connectivity index (χ0v) is 18.4. The van der Waals surface area contributed by atoms with Crippen LogP contribution in [0.1, 0.15) is 35.3 Å². The van der Waals surface area contributed by atoms with Gasteiger partial charge in [-0.05, 0) is 42.3 Å². The van der Waals surface area contributed by atoms with Crippen molar-refractivity contribution in [3.05, 3.63) is 59.2 Å². The lowest BCUT2D eigenvalue weighted by Gasteiger charge is -2.18. The predicted molar refractivity (Wildman–Crippen MR) is 114 cm³/mol. The fourth-order valence-corrected chi connectivity index (χ4v) is 4.42. The summed E-state index contributed by atoms with van der Waals surface area (Å²) in [6, 6.07) is 11.1. The number of hydrogen-bond donors (Lipinski definition) is 2. The number of hydrazine groups is 1. The van der Waals surface area contributed by atoms with Crippen LogP contribution in [0.2, 0.25) is 0 Å². The van der Waals surface area contributed by atoms with Crippen LogP contribution < -0.4 is 15.6 Å². The van der Waals surface area contributed by atoms with Crippen LogP contribution in [-0.2, 0) is 21.2 Å². The SMILES string of the molecule is CCN(CC)S(=O)(=O)c1cccc(C(=O)NNC(=O)Cc2ccc(C)c(OC)c2)c1. The maximum Gasteiger partial charge on any atom is 0.269 e. The van der Waals surface area contributed by atoms with E-state index in [1.54, 1.807) is 33.1 Å². The molecule has 0 aliphatic carbocycles. The molecule has 2 N–H and O–H groups in total. The molecule has 0 unspecified atom stereocenters. The number of benzene rings is 2. The summed E-state index contributed by atoms with van der Waals surface area (Å²) < 4.78 is 31.8. The Hall–Kier alpha value is -2.91. The number of carbonyl (C=O) groups is 2. The third kappa shape index (κ3) is 5.58. The number of rotatable bonds is 8. The number of hydrogen-bond acceptors (Lipinski definition) is 5. The average Bonchev–Trinajstić information content (AvgIpc) is 2.74. The van der Waals surface area contributed by atoms with Crippen molar-refractivity contribution in [2.24, 2.45) is 0 Å². The molecule has 0 saturated heterocycles. The van der Waals surface area contributed by atoms with Crippen LogP contribution in [0.4, 0.5) is 0 Å². The largest absolute Gasteiger partial charge is 0.496 e. The Labute approximate surface area is 177 Å². The van der Waals surface area contributed by atoms with Crippen LogP contribution in [0.15, 0.2) is 47.4 Å². The van der Waals surface area contributed by atoms with Crippen molar-refractivity contribution in [1.29, 1.82) is 0 Å². The van der Waals surface area contributed by atoms with Crippen molar-refractivity contribution in [2.45, 2.75) is 32.1 Å². The summed E-state index contributed by atoms with van der Waals surface area (Å²) in [6.07, 6.45) is 0.0489. The van der Waals surface area contributed by atoms with Crippen molar-refractivity contribution < 1.29 is 22.7 Å². The van der Waals surface area contributed by atoms with Gasteiger partial charge in [0.05, 0.1) is 18.4 Å². The summed E-state index contributed by atoms with van der Waals surface area (Å²) >= 11 is 0. The van der Waals surface area contributed by atoms with Crippen LogP contribution in [0, 0.1) is 6.92 Å². The van der Waals surface area contributed by atoms with Crippen molar-refractivity contribution >= 4 is 21.8 Å². The van der Waals surface area contributed by atoms with Gasteiger partial charge in [0.2, 0.25) is 15.9 Å². The van der Waals surface area contributed by atoms with E-state index in [-0.39, 0.29) is 16.9 Å². The van der Waals surface area contributed by atoms with Gasteiger partial charge in [-0.25, -0.2) is 8.42 Å². The quantitative estimate of drug-likeness (QED) is 0.620. The molecule has 30 heavy (non-hydrogen) atoms. The van der Waals surface area contributed by atoms with E-state index in [0.29, 0.717) is 18.8 Å². The number of nitrogens with zero attached hydrogens (tertiary/aromatic N) is 1. The summed E-state index contributed by atoms with van der Waals surface area (Å²) in [7, 11) is -2.13. The van der Waals surface area contributed by atoms with Crippen molar-refractivity contribution in [3.8, 4) is 5.75 Å². The molecule has 0 fully saturated rings. The van der Waals surface area contributed by atoms with Gasteiger partial charge in [0.15, 0.2) is 0 Å². The Kier molecular flexibility index (Phi) is 7.96. The number of amides is 2. The van der Waals surface area contributed by atoms with Gasteiger partial charge in [0.1, 0.15) is 5.75 Å². The lowest BCUT2D eigenvalue weighted by Crippen LogP contribution is -2.42. The Morgan fingerprint density at radius 1 is 1.03 bits per heavy atom. The maximum absolute atomic E-state index is 12.6. The number of nitrogens with one attached hydrogen (secondary N) is 2. The highest BCUT2D eigenvalue weighted by atomic mass is 32.2. The van der Waals surface area contributed by atoms with E-state index in [4.69, 9.17) is 4.74 Å². The monoisotopic (exact) mass is 433 g/mol. The van der Waals surface area contributed by atoms with E-state index in [1.165, 1.54) is 28.6 Å². The molecule has 0 spiro atoms. The normalized spacial score (nSPS) is 11.2. The highest BCUT2D eigenvalue weighted by Crippen LogP contribution is 2.19. The number of ether oxygens (including phenoxy) is 1. The van der Waals surface area contributed by atoms with E-state index in [0.717, 1.165) is 11.1 Å². The molecule has 0 atom stereocenters. The minimum absolute atomic E-state index is 0.0249. The van der Waals surface area contributed by atoms with Gasteiger partial charge in [-0.15, -0.1) is 0 Å². The molecule has 0 bridgehead atoms. The molecular weight excluding hydrogens is 406 g/mol. The van der Waals surface area contributed by atoms with Crippen LogP contribution >= 0.6 is 0 Å². The molecule has 0 radical (unpaired) electrons. The molecule has 2 aromatic carbocycles. The summed E-state index contributed by atoms with van der Waals surface area (Å²) in [6.45, 7) is 6.05. The molecule has 2 aromatic rings. The molecule has 162 valence electrons. The topological polar surface area (TPSA) is 105 Å². The second kappa shape index (κ2) is 10.2. The van der Waals surface area contributed by atoms with Crippen molar-refractivity contribution in [2.75, 3.05) is 20.2 Å². The minimum atomic E-state index is -3.69. The Bertz CT molecular complexity index is 1020. The summed E-state index contributed by atoms with van der Waals surface area (Å²) in [5.41, 5.74) is 6.47. The summed E-state index contributed by atoms with van der Waals surface area (Å²) in [5, 5.41) is 0. The first-order chi connectivity index (χ1) is 14.2. The molecule has 2 amide bonds. The lowest BCUT2D eigenvalue weighted by molar-refractivity contribution is -0.121. The third-order valence-electron chi connectivity index (χ3n) is 4.59. The van der Waals surface area contributed by atoms with Crippen molar-refractivity contribution in [3.63, 3.8) is 0 Å². The molecule has 0 aromatic heterocycles. The van der Waals surface area contributed by atoms with Gasteiger partial charge in [-0.2, -0.15) is 4.31 Å². The van der Waals surface area contributed by atoms with Gasteiger partial charge in [0, 0.05) is 18.7 Å². The smallest absolute Gasteiger partial charge is 0.269 e. The molecule has 8 nitrogen and oxygen atoms in total. The predicted octanol–water partition coefficient (Wildman–Crippen LogP) is 2.04. The number of aryl methyl sites for hydroxylation is 1. The second-order valence-electron chi connectivity index (χ2n) is 6.60. The van der Waals surface area contributed by atoms with Crippen LogP contribution in [0.5, 0.6) is 5.75 Å². The van der Waals surface area contributed by atoms with E-state index in [2.05, 4.69) is 10.9 Å². The van der Waals surface area contributed by atoms with Crippen LogP contribution in [0.3, 0.4) is 0 Å². The first-order valence-electron chi connectivity index (χ1n) is 9.55. The summed E-state index contributed by atoms with van der Waals surface area (Å²) in [4.78, 5) is 24.6. The fourth-order valence-electron chi connectivity index (χ4n) is 2.91. The summed E-state index contributed by atoms with van der Waals surface area (Å²) in [5.74, 6) is -0.349. The Morgan fingerprint density at radius 2 is 1.73 bits per heavy atom. The van der Waals surface area contributed by atoms with E-state index >= 15 is 0 Å².